The fourth-order valence-corrected chi connectivity index (χ4v) is 2.82. The van der Waals surface area contributed by atoms with Gasteiger partial charge in [-0.2, -0.15) is 0 Å². The second-order valence-corrected chi connectivity index (χ2v) is 5.13. The lowest BCUT2D eigenvalue weighted by Crippen LogP contribution is -2.34. The molecule has 2 aliphatic rings. The number of carbonyl (C=O) groups excluding carboxylic acids is 2. The van der Waals surface area contributed by atoms with E-state index < -0.39 is 16.4 Å². The second-order valence-electron chi connectivity index (χ2n) is 5.13. The van der Waals surface area contributed by atoms with E-state index >= 15 is 0 Å². The minimum atomic E-state index is -1.43. The molecule has 114 valence electrons. The summed E-state index contributed by atoms with van der Waals surface area (Å²) in [5, 5.41) is 11.0. The zero-order valence-electron chi connectivity index (χ0n) is 12.0. The summed E-state index contributed by atoms with van der Waals surface area (Å²) in [5.74, 6) is -0.623. The van der Waals surface area contributed by atoms with E-state index in [9.17, 15) is 19.7 Å². The Kier molecular flexibility index (Phi) is 2.98. The standard InChI is InChI=1S/C14H13N3O5/c1-3-22-12-9-5-4-8(17(20)21)6-10(9)14(15-12)7-11(18)16(2)13(14)19/h4-6H,3,7H2,1-2H3. The van der Waals surface area contributed by atoms with Gasteiger partial charge in [-0.1, -0.05) is 0 Å². The molecule has 3 rings (SSSR count). The van der Waals surface area contributed by atoms with E-state index in [1.165, 1.54) is 25.2 Å². The molecule has 22 heavy (non-hydrogen) atoms. The predicted octanol–water partition coefficient (Wildman–Crippen LogP) is 0.976. The molecular weight excluding hydrogens is 290 g/mol. The van der Waals surface area contributed by atoms with Crippen LogP contribution in [0.5, 0.6) is 0 Å². The highest BCUT2D eigenvalue weighted by Crippen LogP contribution is 2.45. The van der Waals surface area contributed by atoms with Gasteiger partial charge in [0, 0.05) is 30.3 Å². The highest BCUT2D eigenvalue weighted by Gasteiger charge is 2.56. The number of aliphatic imine (C=N–C) groups is 1. The number of likely N-dealkylation sites (tertiary alicyclic amines) is 1. The largest absolute Gasteiger partial charge is 0.478 e. The van der Waals surface area contributed by atoms with Crippen molar-refractivity contribution in [1.82, 2.24) is 4.90 Å². The number of imide groups is 1. The van der Waals surface area contributed by atoms with Crippen LogP contribution in [0.1, 0.15) is 24.5 Å². The third-order valence-electron chi connectivity index (χ3n) is 3.90. The topological polar surface area (TPSA) is 102 Å². The van der Waals surface area contributed by atoms with Gasteiger partial charge in [0.15, 0.2) is 5.54 Å². The molecule has 1 spiro atoms. The van der Waals surface area contributed by atoms with Gasteiger partial charge in [0.1, 0.15) is 0 Å². The number of nitro benzene ring substituents is 1. The summed E-state index contributed by atoms with van der Waals surface area (Å²) < 4.78 is 5.43. The maximum atomic E-state index is 12.5. The molecular formula is C14H13N3O5. The molecule has 1 atom stereocenters. The van der Waals surface area contributed by atoms with Crippen molar-refractivity contribution in [2.75, 3.05) is 13.7 Å². The minimum absolute atomic E-state index is 0.146. The average molecular weight is 303 g/mol. The smallest absolute Gasteiger partial charge is 0.269 e. The zero-order valence-corrected chi connectivity index (χ0v) is 12.0. The number of rotatable bonds is 2. The van der Waals surface area contributed by atoms with Crippen LogP contribution in [0.2, 0.25) is 0 Å². The van der Waals surface area contributed by atoms with Crippen LogP contribution in [0.3, 0.4) is 0 Å². The molecule has 0 radical (unpaired) electrons. The number of likely N-dealkylation sites (N-methyl/N-ethyl adjacent to an activating group) is 1. The van der Waals surface area contributed by atoms with Crippen LogP contribution < -0.4 is 0 Å². The monoisotopic (exact) mass is 303 g/mol. The minimum Gasteiger partial charge on any atom is -0.478 e. The Bertz CT molecular complexity index is 742. The first-order valence-corrected chi connectivity index (χ1v) is 6.73. The van der Waals surface area contributed by atoms with E-state index in [1.54, 1.807) is 6.92 Å². The molecule has 1 unspecified atom stereocenters. The first kappa shape index (κ1) is 14.2. The van der Waals surface area contributed by atoms with Crippen molar-refractivity contribution in [3.05, 3.63) is 39.4 Å². The zero-order chi connectivity index (χ0) is 16.1. The predicted molar refractivity (Wildman–Crippen MR) is 75.3 cm³/mol. The van der Waals surface area contributed by atoms with Crippen LogP contribution >= 0.6 is 0 Å². The maximum Gasteiger partial charge on any atom is 0.269 e. The summed E-state index contributed by atoms with van der Waals surface area (Å²) >= 11 is 0. The fourth-order valence-electron chi connectivity index (χ4n) is 2.82. The van der Waals surface area contributed by atoms with Crippen molar-refractivity contribution in [2.24, 2.45) is 4.99 Å². The van der Waals surface area contributed by atoms with Crippen molar-refractivity contribution in [3.63, 3.8) is 0 Å². The van der Waals surface area contributed by atoms with Crippen molar-refractivity contribution < 1.29 is 19.2 Å². The Morgan fingerprint density at radius 2 is 2.18 bits per heavy atom. The Morgan fingerprint density at radius 1 is 1.45 bits per heavy atom. The first-order valence-electron chi connectivity index (χ1n) is 6.73. The van der Waals surface area contributed by atoms with Gasteiger partial charge in [-0.05, 0) is 13.0 Å². The molecule has 1 aromatic rings. The molecule has 2 amide bonds. The lowest BCUT2D eigenvalue weighted by atomic mass is 9.88. The molecule has 0 saturated carbocycles. The second kappa shape index (κ2) is 4.62. The molecule has 0 aliphatic carbocycles. The van der Waals surface area contributed by atoms with Crippen LogP contribution in [-0.4, -0.2) is 41.2 Å². The summed E-state index contributed by atoms with van der Waals surface area (Å²) in [6, 6.07) is 4.14. The van der Waals surface area contributed by atoms with Crippen molar-refractivity contribution in [1.29, 1.82) is 0 Å². The maximum absolute atomic E-state index is 12.5. The normalized spacial score (nSPS) is 23.0. The number of hydrogen-bond acceptors (Lipinski definition) is 6. The number of carbonyl (C=O) groups is 2. The number of amides is 2. The van der Waals surface area contributed by atoms with Crippen LogP contribution in [0, 0.1) is 10.1 Å². The quantitative estimate of drug-likeness (QED) is 0.460. The van der Waals surface area contributed by atoms with Crippen molar-refractivity contribution >= 4 is 23.4 Å². The van der Waals surface area contributed by atoms with E-state index in [-0.39, 0.29) is 23.9 Å². The molecule has 0 aromatic heterocycles. The molecule has 8 heteroatoms. The van der Waals surface area contributed by atoms with Gasteiger partial charge in [-0.3, -0.25) is 24.6 Å². The molecule has 8 nitrogen and oxygen atoms in total. The van der Waals surface area contributed by atoms with Gasteiger partial charge in [0.2, 0.25) is 11.8 Å². The molecule has 2 aliphatic heterocycles. The van der Waals surface area contributed by atoms with Gasteiger partial charge in [0.05, 0.1) is 18.0 Å². The van der Waals surface area contributed by atoms with E-state index in [0.29, 0.717) is 17.7 Å². The summed E-state index contributed by atoms with van der Waals surface area (Å²) in [4.78, 5) is 40.2. The summed E-state index contributed by atoms with van der Waals surface area (Å²) in [6.07, 6.45) is -0.146. The van der Waals surface area contributed by atoms with Gasteiger partial charge < -0.3 is 4.74 Å². The summed E-state index contributed by atoms with van der Waals surface area (Å²) in [6.45, 7) is 2.11. The number of ether oxygens (including phenoxy) is 1. The Balaban J connectivity index is 2.22. The van der Waals surface area contributed by atoms with Crippen molar-refractivity contribution in [3.8, 4) is 0 Å². The third kappa shape index (κ3) is 1.73. The van der Waals surface area contributed by atoms with Gasteiger partial charge in [-0.15, -0.1) is 0 Å². The molecule has 1 aromatic carbocycles. The number of benzene rings is 1. The molecule has 2 heterocycles. The van der Waals surface area contributed by atoms with Gasteiger partial charge in [0.25, 0.3) is 11.6 Å². The first-order chi connectivity index (χ1) is 10.4. The lowest BCUT2D eigenvalue weighted by molar-refractivity contribution is -0.384. The highest BCUT2D eigenvalue weighted by atomic mass is 16.6. The van der Waals surface area contributed by atoms with Crippen LogP contribution in [0.4, 0.5) is 5.69 Å². The van der Waals surface area contributed by atoms with Gasteiger partial charge >= 0.3 is 0 Å². The molecule has 1 saturated heterocycles. The number of hydrogen-bond donors (Lipinski definition) is 0. The third-order valence-corrected chi connectivity index (χ3v) is 3.90. The van der Waals surface area contributed by atoms with Crippen molar-refractivity contribution in [2.45, 2.75) is 18.9 Å². The molecule has 1 fully saturated rings. The van der Waals surface area contributed by atoms with E-state index in [2.05, 4.69) is 4.99 Å². The Hall–Kier alpha value is -2.77. The average Bonchev–Trinajstić information content (AvgIpc) is 2.90. The van der Waals surface area contributed by atoms with E-state index in [1.807, 2.05) is 0 Å². The summed E-state index contributed by atoms with van der Waals surface area (Å²) in [7, 11) is 1.38. The van der Waals surface area contributed by atoms with E-state index in [0.717, 1.165) is 4.90 Å². The van der Waals surface area contributed by atoms with E-state index in [4.69, 9.17) is 4.74 Å². The number of nitro groups is 1. The lowest BCUT2D eigenvalue weighted by Gasteiger charge is -2.17. The fraction of sp³-hybridized carbons (Fsp3) is 0.357. The number of nitrogens with zero attached hydrogens (tertiary/aromatic N) is 3. The summed E-state index contributed by atoms with van der Waals surface area (Å²) in [5.41, 5.74) is -0.713. The van der Waals surface area contributed by atoms with Crippen LogP contribution in [0.25, 0.3) is 0 Å². The Labute approximate surface area is 125 Å². The Morgan fingerprint density at radius 3 is 2.73 bits per heavy atom. The molecule has 0 bridgehead atoms. The highest BCUT2D eigenvalue weighted by molar-refractivity contribution is 6.14. The number of non-ortho nitro benzene ring substituents is 1. The van der Waals surface area contributed by atoms with Gasteiger partial charge in [-0.25, -0.2) is 4.99 Å². The van der Waals surface area contributed by atoms with Crippen LogP contribution in [0.15, 0.2) is 23.2 Å². The molecule has 0 N–H and O–H groups in total. The number of fused-ring (bicyclic) bond motifs is 2. The SMILES string of the molecule is CCOC1=NC2(CC(=O)N(C)C2=O)c2cc([N+](=O)[O-])ccc21. The van der Waals surface area contributed by atoms with Crippen LogP contribution in [-0.2, 0) is 19.9 Å².